The minimum Gasteiger partial charge on any atom is -0.381 e. The Morgan fingerprint density at radius 1 is 1.21 bits per heavy atom. The SMILES string of the molecule is Clc1cccc(NC2CCC3(CC2)OCCO3)c1Br. The highest BCUT2D eigenvalue weighted by Crippen LogP contribution is 2.38. The van der Waals surface area contributed by atoms with Crippen LogP contribution >= 0.6 is 27.5 Å². The van der Waals surface area contributed by atoms with Gasteiger partial charge in [-0.05, 0) is 40.9 Å². The predicted molar refractivity (Wildman–Crippen MR) is 79.7 cm³/mol. The third-order valence-corrected chi connectivity index (χ3v) is 5.27. The molecule has 0 bridgehead atoms. The number of nitrogens with one attached hydrogen (secondary N) is 1. The maximum Gasteiger partial charge on any atom is 0.168 e. The zero-order chi connectivity index (χ0) is 13.3. The van der Waals surface area contributed by atoms with E-state index in [-0.39, 0.29) is 5.79 Å². The molecule has 104 valence electrons. The van der Waals surface area contributed by atoms with Gasteiger partial charge < -0.3 is 14.8 Å². The summed E-state index contributed by atoms with van der Waals surface area (Å²) >= 11 is 9.63. The number of hydrogen-bond acceptors (Lipinski definition) is 3. The van der Waals surface area contributed by atoms with Gasteiger partial charge in [0.25, 0.3) is 0 Å². The molecule has 0 aromatic heterocycles. The maximum atomic E-state index is 6.10. The molecule has 1 spiro atoms. The first-order valence-electron chi connectivity index (χ1n) is 6.67. The number of hydrogen-bond donors (Lipinski definition) is 1. The van der Waals surface area contributed by atoms with E-state index >= 15 is 0 Å². The Morgan fingerprint density at radius 3 is 2.58 bits per heavy atom. The van der Waals surface area contributed by atoms with Crippen LogP contribution in [-0.2, 0) is 9.47 Å². The zero-order valence-corrected chi connectivity index (χ0v) is 13.0. The van der Waals surface area contributed by atoms with Crippen LogP contribution < -0.4 is 5.32 Å². The van der Waals surface area contributed by atoms with E-state index in [4.69, 9.17) is 21.1 Å². The molecule has 2 fully saturated rings. The van der Waals surface area contributed by atoms with Crippen molar-refractivity contribution in [1.29, 1.82) is 0 Å². The Balaban J connectivity index is 1.61. The molecular formula is C14H17BrClNO2. The van der Waals surface area contributed by atoms with Crippen molar-refractivity contribution in [3.8, 4) is 0 Å². The molecule has 1 heterocycles. The summed E-state index contributed by atoms with van der Waals surface area (Å²) in [6, 6.07) is 6.34. The molecule has 1 aromatic rings. The van der Waals surface area contributed by atoms with Crippen molar-refractivity contribution in [2.24, 2.45) is 0 Å². The minimum atomic E-state index is -0.288. The summed E-state index contributed by atoms with van der Waals surface area (Å²) in [4.78, 5) is 0. The Bertz CT molecular complexity index is 453. The van der Waals surface area contributed by atoms with E-state index < -0.39 is 0 Å². The van der Waals surface area contributed by atoms with Gasteiger partial charge in [-0.3, -0.25) is 0 Å². The lowest BCUT2D eigenvalue weighted by Crippen LogP contribution is -2.39. The standard InChI is InChI=1S/C14H17BrClNO2/c15-13-11(16)2-1-3-12(13)17-10-4-6-14(7-5-10)18-8-9-19-14/h1-3,10,17H,4-9H2. The lowest BCUT2D eigenvalue weighted by molar-refractivity contribution is -0.177. The fourth-order valence-corrected chi connectivity index (χ4v) is 3.38. The predicted octanol–water partition coefficient (Wildman–Crippen LogP) is 4.20. The summed E-state index contributed by atoms with van der Waals surface area (Å²) < 4.78 is 12.4. The molecule has 3 nitrogen and oxygen atoms in total. The van der Waals surface area contributed by atoms with Crippen molar-refractivity contribution in [1.82, 2.24) is 0 Å². The second kappa shape index (κ2) is 5.60. The van der Waals surface area contributed by atoms with Gasteiger partial charge in [0.15, 0.2) is 5.79 Å². The highest BCUT2D eigenvalue weighted by molar-refractivity contribution is 9.10. The van der Waals surface area contributed by atoms with Gasteiger partial charge in [-0.15, -0.1) is 0 Å². The van der Waals surface area contributed by atoms with E-state index in [9.17, 15) is 0 Å². The molecule has 1 aliphatic carbocycles. The van der Waals surface area contributed by atoms with E-state index in [2.05, 4.69) is 21.2 Å². The lowest BCUT2D eigenvalue weighted by Gasteiger charge is -2.36. The molecule has 1 aromatic carbocycles. The highest BCUT2D eigenvalue weighted by atomic mass is 79.9. The van der Waals surface area contributed by atoms with Crippen LogP contribution in [0.3, 0.4) is 0 Å². The fourth-order valence-electron chi connectivity index (χ4n) is 2.82. The lowest BCUT2D eigenvalue weighted by atomic mass is 9.90. The molecule has 1 aliphatic heterocycles. The number of anilines is 1. The largest absolute Gasteiger partial charge is 0.381 e. The molecule has 3 rings (SSSR count). The van der Waals surface area contributed by atoms with Gasteiger partial charge in [0.1, 0.15) is 0 Å². The molecule has 0 unspecified atom stereocenters. The summed E-state index contributed by atoms with van der Waals surface area (Å²) in [7, 11) is 0. The van der Waals surface area contributed by atoms with Crippen molar-refractivity contribution in [2.45, 2.75) is 37.5 Å². The first-order valence-corrected chi connectivity index (χ1v) is 7.84. The molecule has 2 aliphatic rings. The van der Waals surface area contributed by atoms with Crippen LogP contribution in [0, 0.1) is 0 Å². The molecule has 0 amide bonds. The Labute approximate surface area is 126 Å². The van der Waals surface area contributed by atoms with Crippen molar-refractivity contribution in [2.75, 3.05) is 18.5 Å². The van der Waals surface area contributed by atoms with E-state index in [1.165, 1.54) is 0 Å². The zero-order valence-electron chi connectivity index (χ0n) is 10.6. The quantitative estimate of drug-likeness (QED) is 0.870. The van der Waals surface area contributed by atoms with Gasteiger partial charge in [-0.25, -0.2) is 0 Å². The maximum absolute atomic E-state index is 6.10. The van der Waals surface area contributed by atoms with Gasteiger partial charge >= 0.3 is 0 Å². The average Bonchev–Trinajstić information content (AvgIpc) is 2.86. The van der Waals surface area contributed by atoms with E-state index in [0.29, 0.717) is 6.04 Å². The average molecular weight is 347 g/mol. The monoisotopic (exact) mass is 345 g/mol. The molecule has 1 N–H and O–H groups in total. The normalized spacial score (nSPS) is 22.8. The van der Waals surface area contributed by atoms with Crippen molar-refractivity contribution >= 4 is 33.2 Å². The van der Waals surface area contributed by atoms with Crippen LogP contribution in [0.15, 0.2) is 22.7 Å². The third-order valence-electron chi connectivity index (χ3n) is 3.87. The number of ether oxygens (including phenoxy) is 2. The van der Waals surface area contributed by atoms with Crippen LogP contribution in [0.4, 0.5) is 5.69 Å². The second-order valence-corrected chi connectivity index (χ2v) is 6.33. The first kappa shape index (κ1) is 13.7. The van der Waals surface area contributed by atoms with Crippen LogP contribution in [0.25, 0.3) is 0 Å². The van der Waals surface area contributed by atoms with Gasteiger partial charge in [-0.2, -0.15) is 0 Å². The summed E-state index contributed by atoms with van der Waals surface area (Å²) in [5.41, 5.74) is 1.06. The van der Waals surface area contributed by atoms with Gasteiger partial charge in [0, 0.05) is 18.9 Å². The van der Waals surface area contributed by atoms with Crippen LogP contribution in [0.2, 0.25) is 5.02 Å². The summed E-state index contributed by atoms with van der Waals surface area (Å²) in [5.74, 6) is -0.288. The minimum absolute atomic E-state index is 0.288. The van der Waals surface area contributed by atoms with E-state index in [1.807, 2.05) is 18.2 Å². The van der Waals surface area contributed by atoms with Crippen LogP contribution in [0.1, 0.15) is 25.7 Å². The third kappa shape index (κ3) is 2.92. The van der Waals surface area contributed by atoms with Crippen molar-refractivity contribution in [3.63, 3.8) is 0 Å². The van der Waals surface area contributed by atoms with Crippen LogP contribution in [0.5, 0.6) is 0 Å². The molecule has 0 atom stereocenters. The van der Waals surface area contributed by atoms with Gasteiger partial charge in [0.2, 0.25) is 0 Å². The van der Waals surface area contributed by atoms with Crippen LogP contribution in [-0.4, -0.2) is 25.0 Å². The van der Waals surface area contributed by atoms with E-state index in [0.717, 1.165) is 54.1 Å². The topological polar surface area (TPSA) is 30.5 Å². The van der Waals surface area contributed by atoms with Crippen molar-refractivity contribution < 1.29 is 9.47 Å². The molecule has 5 heteroatoms. The number of benzene rings is 1. The van der Waals surface area contributed by atoms with Crippen molar-refractivity contribution in [3.05, 3.63) is 27.7 Å². The molecule has 0 radical (unpaired) electrons. The second-order valence-electron chi connectivity index (χ2n) is 5.13. The van der Waals surface area contributed by atoms with Gasteiger partial charge in [0.05, 0.1) is 28.4 Å². The summed E-state index contributed by atoms with van der Waals surface area (Å²) in [5, 5.41) is 4.29. The highest BCUT2D eigenvalue weighted by Gasteiger charge is 2.40. The smallest absolute Gasteiger partial charge is 0.168 e. The molecule has 19 heavy (non-hydrogen) atoms. The van der Waals surface area contributed by atoms with E-state index in [1.54, 1.807) is 0 Å². The summed E-state index contributed by atoms with van der Waals surface area (Å²) in [6.45, 7) is 1.47. The fraction of sp³-hybridized carbons (Fsp3) is 0.571. The Hall–Kier alpha value is -0.290. The number of rotatable bonds is 2. The Morgan fingerprint density at radius 2 is 1.89 bits per heavy atom. The summed E-state index contributed by atoms with van der Waals surface area (Å²) in [6.07, 6.45) is 4.03. The molecule has 1 saturated carbocycles. The first-order chi connectivity index (χ1) is 9.19. The van der Waals surface area contributed by atoms with Gasteiger partial charge in [-0.1, -0.05) is 17.7 Å². The number of halogens is 2. The molecular weight excluding hydrogens is 330 g/mol. The Kier molecular flexibility index (Phi) is 4.03. The molecule has 1 saturated heterocycles.